The van der Waals surface area contributed by atoms with Gasteiger partial charge in [0, 0.05) is 0 Å². The van der Waals surface area contributed by atoms with Crippen molar-refractivity contribution in [2.75, 3.05) is 0 Å². The molecule has 0 bridgehead atoms. The van der Waals surface area contributed by atoms with E-state index in [0.717, 1.165) is 0 Å². The summed E-state index contributed by atoms with van der Waals surface area (Å²) in [5.41, 5.74) is 0. The minimum atomic E-state index is 0. The third-order valence-corrected chi connectivity index (χ3v) is 0. The maximum absolute atomic E-state index is 0. The van der Waals surface area contributed by atoms with Gasteiger partial charge in [-0.3, -0.25) is 0 Å². The van der Waals surface area contributed by atoms with Crippen LogP contribution in [0, 0.1) is 7.43 Å². The molecule has 0 unspecified atom stereocenters. The molecule has 0 aliphatic heterocycles. The van der Waals surface area contributed by atoms with Gasteiger partial charge in [0.2, 0.25) is 0 Å². The second-order valence-corrected chi connectivity index (χ2v) is 0. The Hall–Kier alpha value is 1.08. The van der Waals surface area contributed by atoms with Crippen LogP contribution in [0.3, 0.4) is 0 Å². The SMILES string of the molecule is [C+4].[Fe+2].[Li+].[O-2]. The van der Waals surface area contributed by atoms with Crippen LogP contribution in [0.2, 0.25) is 0 Å². The molecule has 3 heteroatoms. The molecule has 0 aromatic heterocycles. The van der Waals surface area contributed by atoms with E-state index in [2.05, 4.69) is 0 Å². The average molecular weight is 90.8 g/mol. The molecular formula is CFeLiO+5. The molecule has 0 heterocycles. The maximum atomic E-state index is 0. The Balaban J connectivity index is 0. The van der Waals surface area contributed by atoms with E-state index < -0.39 is 0 Å². The third-order valence-electron chi connectivity index (χ3n) is 0. The Morgan fingerprint density at radius 2 is 1.00 bits per heavy atom. The van der Waals surface area contributed by atoms with Crippen molar-refractivity contribution >= 4 is 0 Å². The molecule has 0 spiro atoms. The molecule has 0 amide bonds. The van der Waals surface area contributed by atoms with E-state index in [0.29, 0.717) is 0 Å². The van der Waals surface area contributed by atoms with Crippen LogP contribution in [0.25, 0.3) is 0 Å². The Kier molecular flexibility index (Phi) is 605. The summed E-state index contributed by atoms with van der Waals surface area (Å²) in [4.78, 5) is 0. The topological polar surface area (TPSA) is 28.5 Å². The van der Waals surface area contributed by atoms with Gasteiger partial charge in [0.15, 0.2) is 0 Å². The number of hydrogen-bond acceptors (Lipinski definition) is 0. The quantitative estimate of drug-likeness (QED) is 0.283. The molecule has 14 valence electrons. The zero-order chi connectivity index (χ0) is 0. The molecule has 4 heavy (non-hydrogen) atoms. The maximum Gasteiger partial charge on any atom is 4.00 e. The summed E-state index contributed by atoms with van der Waals surface area (Å²) in [5.74, 6) is 0. The zero-order valence-corrected chi connectivity index (χ0v) is 3.37. The third kappa shape index (κ3) is 11.4. The van der Waals surface area contributed by atoms with E-state index >= 15 is 0 Å². The Labute approximate surface area is 49.1 Å². The Morgan fingerprint density at radius 3 is 1.00 bits per heavy atom. The Bertz CT molecular complexity index is 8.00. The molecule has 1 nitrogen and oxygen atoms in total. The van der Waals surface area contributed by atoms with Crippen LogP contribution in [-0.4, -0.2) is 0 Å². The number of hydrogen-bond donors (Lipinski definition) is 0. The monoisotopic (exact) mass is 90.9 g/mol. The summed E-state index contributed by atoms with van der Waals surface area (Å²) in [6, 6.07) is 0. The van der Waals surface area contributed by atoms with E-state index in [1.165, 1.54) is 0 Å². The predicted octanol–water partition coefficient (Wildman–Crippen LogP) is -3.04. The first-order chi connectivity index (χ1) is 0. The summed E-state index contributed by atoms with van der Waals surface area (Å²) in [6.45, 7) is 0. The van der Waals surface area contributed by atoms with Gasteiger partial charge in [-0.15, -0.1) is 0 Å². The van der Waals surface area contributed by atoms with Crippen LogP contribution in [0.15, 0.2) is 0 Å². The summed E-state index contributed by atoms with van der Waals surface area (Å²) >= 11 is 0. The molecule has 0 aliphatic carbocycles. The van der Waals surface area contributed by atoms with Gasteiger partial charge in [-0.25, -0.2) is 0 Å². The van der Waals surface area contributed by atoms with E-state index in [1.807, 2.05) is 0 Å². The van der Waals surface area contributed by atoms with Crippen LogP contribution in [0.5, 0.6) is 0 Å². The van der Waals surface area contributed by atoms with Crippen LogP contribution in [0.4, 0.5) is 0 Å². The van der Waals surface area contributed by atoms with Gasteiger partial charge in [-0.05, 0) is 0 Å². The first kappa shape index (κ1) is 72.8. The van der Waals surface area contributed by atoms with Crippen molar-refractivity contribution in [3.05, 3.63) is 7.43 Å². The van der Waals surface area contributed by atoms with Crippen LogP contribution < -0.4 is 18.9 Å². The van der Waals surface area contributed by atoms with Gasteiger partial charge >= 0.3 is 43.4 Å². The number of rotatable bonds is 0. The fourth-order valence-corrected chi connectivity index (χ4v) is 0. The van der Waals surface area contributed by atoms with Crippen molar-refractivity contribution in [3.63, 3.8) is 0 Å². The van der Waals surface area contributed by atoms with Crippen LogP contribution in [-0.2, 0) is 22.5 Å². The van der Waals surface area contributed by atoms with Gasteiger partial charge < -0.3 is 5.48 Å². The Morgan fingerprint density at radius 1 is 1.00 bits per heavy atom. The first-order valence-electron chi connectivity index (χ1n) is 0. The molecule has 0 aromatic rings. The molecule has 0 saturated heterocycles. The van der Waals surface area contributed by atoms with E-state index in [9.17, 15) is 0 Å². The van der Waals surface area contributed by atoms with Crippen molar-refractivity contribution in [1.82, 2.24) is 0 Å². The second kappa shape index (κ2) is 33.3. The molecule has 0 rings (SSSR count). The van der Waals surface area contributed by atoms with Crippen molar-refractivity contribution in [2.24, 2.45) is 0 Å². The molecular weight excluding hydrogens is 90.8 g/mol. The summed E-state index contributed by atoms with van der Waals surface area (Å²) < 4.78 is 0. The minimum absolute atomic E-state index is 0. The largest absolute Gasteiger partial charge is 4.00 e. The summed E-state index contributed by atoms with van der Waals surface area (Å²) in [5, 5.41) is 0. The summed E-state index contributed by atoms with van der Waals surface area (Å²) in [7, 11) is 0. The molecule has 0 aliphatic rings. The predicted molar refractivity (Wildman–Crippen MR) is 3.93 cm³/mol. The van der Waals surface area contributed by atoms with Crippen molar-refractivity contribution < 1.29 is 41.4 Å². The normalized spacial score (nSPS) is 0. The van der Waals surface area contributed by atoms with E-state index in [1.54, 1.807) is 0 Å². The molecule has 0 atom stereocenters. The fourth-order valence-electron chi connectivity index (χ4n) is 0. The standard InChI is InChI=1S/C.Fe.Li.O/q+4;+2;+1;-2. The van der Waals surface area contributed by atoms with E-state index in [-0.39, 0.29) is 48.8 Å². The molecule has 0 fully saturated rings. The molecule has 0 aromatic carbocycles. The zero-order valence-electron chi connectivity index (χ0n) is 2.26. The summed E-state index contributed by atoms with van der Waals surface area (Å²) in [6.07, 6.45) is 0. The second-order valence-electron chi connectivity index (χ2n) is 0. The average Bonchev–Trinajstić information content (AvgIpc) is 0. The van der Waals surface area contributed by atoms with Gasteiger partial charge in [0.25, 0.3) is 0 Å². The van der Waals surface area contributed by atoms with E-state index in [4.69, 9.17) is 0 Å². The minimum Gasteiger partial charge on any atom is -2.00 e. The van der Waals surface area contributed by atoms with Crippen molar-refractivity contribution in [3.8, 4) is 0 Å². The van der Waals surface area contributed by atoms with Gasteiger partial charge in [0.1, 0.15) is 0 Å². The van der Waals surface area contributed by atoms with Gasteiger partial charge in [0.05, 0.1) is 0 Å². The molecule has 0 radical (unpaired) electrons. The first-order valence-corrected chi connectivity index (χ1v) is 0. The van der Waals surface area contributed by atoms with Crippen molar-refractivity contribution in [1.29, 1.82) is 0 Å². The fraction of sp³-hybridized carbons (Fsp3) is 0. The molecule has 0 N–H and O–H groups in total. The van der Waals surface area contributed by atoms with Crippen molar-refractivity contribution in [2.45, 2.75) is 0 Å². The smallest absolute Gasteiger partial charge is 2.00 e. The van der Waals surface area contributed by atoms with Gasteiger partial charge in [-0.2, -0.15) is 0 Å². The molecule has 0 saturated carbocycles. The van der Waals surface area contributed by atoms with Crippen LogP contribution in [0.1, 0.15) is 0 Å². The van der Waals surface area contributed by atoms with Gasteiger partial charge in [-0.1, -0.05) is 0 Å². The van der Waals surface area contributed by atoms with Crippen LogP contribution >= 0.6 is 0 Å².